The molecular weight excluding hydrogens is 226 g/mol. The number of carboxylic acid groups (broad SMARTS) is 1. The van der Waals surface area contributed by atoms with Crippen LogP contribution < -0.4 is 0 Å². The molecule has 0 amide bonds. The lowest BCUT2D eigenvalue weighted by molar-refractivity contribution is -0.136. The van der Waals surface area contributed by atoms with E-state index in [9.17, 15) is 4.79 Å². The molecule has 0 aliphatic rings. The van der Waals surface area contributed by atoms with Crippen LogP contribution in [-0.4, -0.2) is 15.6 Å². The van der Waals surface area contributed by atoms with Crippen LogP contribution in [0.2, 0.25) is 0 Å². The Morgan fingerprint density at radius 1 is 1.50 bits per heavy atom. The number of aliphatic carboxylic acids is 1. The summed E-state index contributed by atoms with van der Waals surface area (Å²) in [4.78, 5) is 10.7. The number of fused-ring (bicyclic) bond motifs is 1. The summed E-state index contributed by atoms with van der Waals surface area (Å²) >= 11 is 0. The van der Waals surface area contributed by atoms with Gasteiger partial charge in [0.2, 0.25) is 0 Å². The summed E-state index contributed by atoms with van der Waals surface area (Å²) in [7, 11) is 2.01. The average Bonchev–Trinajstić information content (AvgIpc) is 2.59. The van der Waals surface area contributed by atoms with Crippen molar-refractivity contribution in [2.45, 2.75) is 19.8 Å². The predicted molar refractivity (Wildman–Crippen MR) is 73.7 cm³/mol. The van der Waals surface area contributed by atoms with Crippen LogP contribution in [0.1, 0.15) is 23.2 Å². The minimum absolute atomic E-state index is 0.170. The number of benzene rings is 1. The Bertz CT molecular complexity index is 623. The fourth-order valence-electron chi connectivity index (χ4n) is 2.33. The SMILES string of the molecule is C=Cc1ccc2c(CCC(=O)O)c(C)n(C)c2c1. The van der Waals surface area contributed by atoms with E-state index in [-0.39, 0.29) is 6.42 Å². The highest BCUT2D eigenvalue weighted by Gasteiger charge is 2.12. The van der Waals surface area contributed by atoms with E-state index in [4.69, 9.17) is 5.11 Å². The van der Waals surface area contributed by atoms with Crippen LogP contribution in [0.25, 0.3) is 17.0 Å². The summed E-state index contributed by atoms with van der Waals surface area (Å²) in [6.07, 6.45) is 2.56. The first-order valence-corrected chi connectivity index (χ1v) is 5.96. The van der Waals surface area contributed by atoms with Gasteiger partial charge in [0.15, 0.2) is 0 Å². The van der Waals surface area contributed by atoms with Crippen LogP contribution >= 0.6 is 0 Å². The van der Waals surface area contributed by atoms with Gasteiger partial charge in [-0.1, -0.05) is 24.8 Å². The largest absolute Gasteiger partial charge is 0.481 e. The van der Waals surface area contributed by atoms with E-state index in [0.29, 0.717) is 6.42 Å². The number of carbonyl (C=O) groups is 1. The third kappa shape index (κ3) is 2.04. The van der Waals surface area contributed by atoms with Crippen molar-refractivity contribution in [3.05, 3.63) is 41.6 Å². The molecule has 0 saturated carbocycles. The monoisotopic (exact) mass is 243 g/mol. The smallest absolute Gasteiger partial charge is 0.303 e. The van der Waals surface area contributed by atoms with Crippen molar-refractivity contribution < 1.29 is 9.90 Å². The maximum atomic E-state index is 10.7. The van der Waals surface area contributed by atoms with E-state index < -0.39 is 5.97 Å². The molecule has 0 fully saturated rings. The van der Waals surface area contributed by atoms with Crippen molar-refractivity contribution in [2.75, 3.05) is 0 Å². The third-order valence-electron chi connectivity index (χ3n) is 3.47. The van der Waals surface area contributed by atoms with Crippen molar-refractivity contribution >= 4 is 22.9 Å². The predicted octanol–water partition coefficient (Wildman–Crippen LogP) is 3.15. The van der Waals surface area contributed by atoms with Gasteiger partial charge in [0, 0.05) is 30.1 Å². The number of rotatable bonds is 4. The Balaban J connectivity index is 2.56. The lowest BCUT2D eigenvalue weighted by Gasteiger charge is -2.00. The molecule has 1 aromatic heterocycles. The van der Waals surface area contributed by atoms with E-state index in [1.807, 2.05) is 26.1 Å². The fraction of sp³-hybridized carbons (Fsp3) is 0.267. The summed E-state index contributed by atoms with van der Waals surface area (Å²) in [6, 6.07) is 6.15. The summed E-state index contributed by atoms with van der Waals surface area (Å²) in [5.74, 6) is -0.755. The van der Waals surface area contributed by atoms with Gasteiger partial charge >= 0.3 is 5.97 Å². The van der Waals surface area contributed by atoms with Gasteiger partial charge in [-0.3, -0.25) is 4.79 Å². The van der Waals surface area contributed by atoms with Crippen LogP contribution in [0.4, 0.5) is 0 Å². The van der Waals surface area contributed by atoms with Crippen LogP contribution in [0.3, 0.4) is 0 Å². The molecule has 2 rings (SSSR count). The first-order chi connectivity index (χ1) is 8.54. The summed E-state index contributed by atoms with van der Waals surface area (Å²) in [5, 5.41) is 9.95. The molecule has 94 valence electrons. The molecule has 18 heavy (non-hydrogen) atoms. The molecule has 1 N–H and O–H groups in total. The van der Waals surface area contributed by atoms with Gasteiger partial charge in [0.25, 0.3) is 0 Å². The zero-order chi connectivity index (χ0) is 13.3. The van der Waals surface area contributed by atoms with Crippen LogP contribution in [0.5, 0.6) is 0 Å². The van der Waals surface area contributed by atoms with Gasteiger partial charge in [-0.25, -0.2) is 0 Å². The zero-order valence-electron chi connectivity index (χ0n) is 10.7. The molecule has 1 aromatic carbocycles. The van der Waals surface area contributed by atoms with Crippen LogP contribution in [0, 0.1) is 6.92 Å². The summed E-state index contributed by atoms with van der Waals surface area (Å²) in [6.45, 7) is 5.80. The van der Waals surface area contributed by atoms with Crippen molar-refractivity contribution in [2.24, 2.45) is 7.05 Å². The Hall–Kier alpha value is -2.03. The van der Waals surface area contributed by atoms with Crippen molar-refractivity contribution in [1.29, 1.82) is 0 Å². The van der Waals surface area contributed by atoms with E-state index in [0.717, 1.165) is 27.7 Å². The third-order valence-corrected chi connectivity index (χ3v) is 3.47. The molecular formula is C15H17NO2. The standard InChI is InChI=1S/C15H17NO2/c1-4-11-5-6-13-12(7-8-15(17)18)10(2)16(3)14(13)9-11/h4-6,9H,1,7-8H2,2-3H3,(H,17,18). The van der Waals surface area contributed by atoms with Gasteiger partial charge in [-0.2, -0.15) is 0 Å². The topological polar surface area (TPSA) is 42.2 Å². The average molecular weight is 243 g/mol. The van der Waals surface area contributed by atoms with Crippen molar-refractivity contribution in [3.63, 3.8) is 0 Å². The second-order valence-electron chi connectivity index (χ2n) is 4.50. The highest BCUT2D eigenvalue weighted by Crippen LogP contribution is 2.27. The van der Waals surface area contributed by atoms with Gasteiger partial charge in [0.1, 0.15) is 0 Å². The van der Waals surface area contributed by atoms with Crippen molar-refractivity contribution in [1.82, 2.24) is 4.57 Å². The minimum Gasteiger partial charge on any atom is -0.481 e. The number of aryl methyl sites for hydroxylation is 2. The molecule has 1 heterocycles. The maximum absolute atomic E-state index is 10.7. The first-order valence-electron chi connectivity index (χ1n) is 5.96. The first kappa shape index (κ1) is 12.4. The second-order valence-corrected chi connectivity index (χ2v) is 4.50. The quantitative estimate of drug-likeness (QED) is 0.896. The van der Waals surface area contributed by atoms with Crippen LogP contribution in [-0.2, 0) is 18.3 Å². The Morgan fingerprint density at radius 3 is 2.83 bits per heavy atom. The minimum atomic E-state index is -0.755. The van der Waals surface area contributed by atoms with Gasteiger partial charge in [-0.05, 0) is 30.5 Å². The maximum Gasteiger partial charge on any atom is 0.303 e. The van der Waals surface area contributed by atoms with E-state index >= 15 is 0 Å². The number of nitrogens with zero attached hydrogens (tertiary/aromatic N) is 1. The molecule has 0 aliphatic carbocycles. The van der Waals surface area contributed by atoms with Gasteiger partial charge in [0.05, 0.1) is 0 Å². The molecule has 0 atom stereocenters. The van der Waals surface area contributed by atoms with E-state index in [2.05, 4.69) is 23.3 Å². The molecule has 2 aromatic rings. The Labute approximate surface area is 106 Å². The molecule has 0 radical (unpaired) electrons. The molecule has 0 spiro atoms. The molecule has 0 aliphatic heterocycles. The Morgan fingerprint density at radius 2 is 2.22 bits per heavy atom. The number of hydrogen-bond donors (Lipinski definition) is 1. The highest BCUT2D eigenvalue weighted by molar-refractivity contribution is 5.87. The zero-order valence-corrected chi connectivity index (χ0v) is 10.7. The van der Waals surface area contributed by atoms with E-state index in [1.165, 1.54) is 0 Å². The number of aromatic nitrogens is 1. The molecule has 0 bridgehead atoms. The summed E-state index contributed by atoms with van der Waals surface area (Å²) in [5.41, 5.74) is 4.47. The molecule has 0 unspecified atom stereocenters. The van der Waals surface area contributed by atoms with Crippen LogP contribution in [0.15, 0.2) is 24.8 Å². The molecule has 3 nitrogen and oxygen atoms in total. The number of hydrogen-bond acceptors (Lipinski definition) is 1. The second kappa shape index (κ2) is 4.69. The lowest BCUT2D eigenvalue weighted by atomic mass is 10.0. The lowest BCUT2D eigenvalue weighted by Crippen LogP contribution is -1.99. The molecule has 0 saturated heterocycles. The van der Waals surface area contributed by atoms with Gasteiger partial charge < -0.3 is 9.67 Å². The Kier molecular flexibility index (Phi) is 3.24. The normalized spacial score (nSPS) is 10.8. The highest BCUT2D eigenvalue weighted by atomic mass is 16.4. The van der Waals surface area contributed by atoms with Gasteiger partial charge in [-0.15, -0.1) is 0 Å². The van der Waals surface area contributed by atoms with E-state index in [1.54, 1.807) is 0 Å². The van der Waals surface area contributed by atoms with Crippen molar-refractivity contribution in [3.8, 4) is 0 Å². The molecule has 3 heteroatoms. The number of carboxylic acids is 1. The summed E-state index contributed by atoms with van der Waals surface area (Å²) < 4.78 is 2.11. The fourth-order valence-corrected chi connectivity index (χ4v) is 2.33.